The van der Waals surface area contributed by atoms with E-state index < -0.39 is 6.35 Å². The fraction of sp³-hybridized carbons (Fsp3) is 0.154. The number of para-hydroxylation sites is 3. The molecule has 10 nitrogen and oxygen atoms in total. The summed E-state index contributed by atoms with van der Waals surface area (Å²) in [5.74, 6) is 0.0628. The van der Waals surface area contributed by atoms with Gasteiger partial charge in [0.1, 0.15) is 0 Å². The van der Waals surface area contributed by atoms with Crippen LogP contribution in [-0.2, 0) is 20.9 Å². The number of aliphatic imine (C=N–C) groups is 2. The first-order valence-corrected chi connectivity index (χ1v) is 11.3. The van der Waals surface area contributed by atoms with E-state index in [1.165, 1.54) is 0 Å². The molecular formula is C26H25N7O3. The lowest BCUT2D eigenvalue weighted by Crippen LogP contribution is -2.26. The molecule has 1 aliphatic heterocycles. The smallest absolute Gasteiger partial charge is 0.293 e. The highest BCUT2D eigenvalue weighted by molar-refractivity contribution is 6.16. The number of benzene rings is 3. The van der Waals surface area contributed by atoms with Crippen LogP contribution < -0.4 is 11.2 Å². The molecule has 1 unspecified atom stereocenters. The maximum absolute atomic E-state index is 8.51. The Kier molecular flexibility index (Phi) is 6.69. The number of methoxy groups -OCH3 is 1. The fourth-order valence-corrected chi connectivity index (χ4v) is 3.93. The summed E-state index contributed by atoms with van der Waals surface area (Å²) < 4.78 is 12.6. The van der Waals surface area contributed by atoms with Crippen LogP contribution in [0.3, 0.4) is 0 Å². The Bertz CT molecular complexity index is 1450. The van der Waals surface area contributed by atoms with E-state index in [0.717, 1.165) is 27.8 Å². The van der Waals surface area contributed by atoms with Crippen molar-refractivity contribution in [1.29, 1.82) is 5.41 Å². The largest absolute Gasteiger partial charge is 0.404 e. The first-order valence-electron chi connectivity index (χ1n) is 11.3. The van der Waals surface area contributed by atoms with E-state index in [-0.39, 0.29) is 11.9 Å². The van der Waals surface area contributed by atoms with Crippen molar-refractivity contribution in [1.82, 2.24) is 9.55 Å². The average Bonchev–Trinajstić information content (AvgIpc) is 3.18. The van der Waals surface area contributed by atoms with Crippen LogP contribution in [0.4, 0.5) is 5.69 Å². The van der Waals surface area contributed by atoms with Crippen LogP contribution in [-0.4, -0.2) is 47.3 Å². The molecule has 182 valence electrons. The minimum absolute atomic E-state index is 0.249. The molecule has 0 radical (unpaired) electrons. The first-order chi connectivity index (χ1) is 17.6. The summed E-state index contributed by atoms with van der Waals surface area (Å²) in [6.45, 7) is 0.942. The van der Waals surface area contributed by atoms with Crippen molar-refractivity contribution in [2.45, 2.75) is 12.9 Å². The van der Waals surface area contributed by atoms with Crippen molar-refractivity contribution in [3.05, 3.63) is 95.8 Å². The molecule has 4 N–H and O–H groups in total. The Morgan fingerprint density at radius 3 is 2.67 bits per heavy atom. The van der Waals surface area contributed by atoms with Gasteiger partial charge in [0.25, 0.3) is 18.3 Å². The van der Waals surface area contributed by atoms with Crippen LogP contribution in [0, 0.1) is 5.41 Å². The number of ether oxygens (including phenoxy) is 2. The second kappa shape index (κ2) is 10.4. The van der Waals surface area contributed by atoms with Crippen molar-refractivity contribution in [3.63, 3.8) is 0 Å². The number of aromatic nitrogens is 2. The standard InChI is InChI=1S/C26H25N7O3/c1-34-16-15-33-21-14-8-7-13-20(21)29-24(33)23(27)35-25(28)31-26-30-22(17-9-3-2-4-10-17)18-11-5-6-12-19(18)32-36-26/h2-14,26-27,32H,15-16H2,1H3,(H2,28,31). The molecule has 0 bridgehead atoms. The number of anilines is 1. The van der Waals surface area contributed by atoms with Gasteiger partial charge >= 0.3 is 0 Å². The summed E-state index contributed by atoms with van der Waals surface area (Å²) in [6.07, 6.45) is -1.05. The summed E-state index contributed by atoms with van der Waals surface area (Å²) >= 11 is 0. The number of hydrogen-bond donors (Lipinski definition) is 3. The second-order valence-corrected chi connectivity index (χ2v) is 7.90. The van der Waals surface area contributed by atoms with E-state index in [2.05, 4.69) is 20.4 Å². The third-order valence-corrected chi connectivity index (χ3v) is 5.56. The Balaban J connectivity index is 1.42. The molecule has 1 aromatic heterocycles. The molecule has 3 aromatic carbocycles. The molecule has 5 rings (SSSR count). The summed E-state index contributed by atoms with van der Waals surface area (Å²) in [7, 11) is 1.62. The van der Waals surface area contributed by atoms with Gasteiger partial charge in [-0.2, -0.15) is 4.99 Å². The van der Waals surface area contributed by atoms with Gasteiger partial charge in [-0.25, -0.2) is 14.8 Å². The topological polar surface area (TPSA) is 132 Å². The lowest BCUT2D eigenvalue weighted by atomic mass is 10.0. The molecule has 10 heteroatoms. The van der Waals surface area contributed by atoms with Crippen LogP contribution >= 0.6 is 0 Å². The van der Waals surface area contributed by atoms with Crippen molar-refractivity contribution in [3.8, 4) is 0 Å². The van der Waals surface area contributed by atoms with E-state index in [4.69, 9.17) is 25.5 Å². The number of hydrogen-bond acceptors (Lipinski definition) is 8. The molecule has 0 spiro atoms. The number of nitrogens with zero attached hydrogens (tertiary/aromatic N) is 4. The highest BCUT2D eigenvalue weighted by Gasteiger charge is 2.21. The number of nitrogens with two attached hydrogens (primary N) is 1. The van der Waals surface area contributed by atoms with E-state index in [9.17, 15) is 0 Å². The van der Waals surface area contributed by atoms with E-state index >= 15 is 0 Å². The van der Waals surface area contributed by atoms with E-state index in [1.807, 2.05) is 83.4 Å². The van der Waals surface area contributed by atoms with Crippen LogP contribution in [0.5, 0.6) is 0 Å². The number of amidine groups is 1. The molecule has 1 aliphatic rings. The van der Waals surface area contributed by atoms with Crippen LogP contribution in [0.15, 0.2) is 88.8 Å². The SMILES string of the molecule is COCCn1c(C(=N)O/C(N)=N/C2N=C(c3ccccc3)c3ccccc3NO2)nc2ccccc21. The van der Waals surface area contributed by atoms with Crippen LogP contribution in [0.2, 0.25) is 0 Å². The second-order valence-electron chi connectivity index (χ2n) is 7.90. The van der Waals surface area contributed by atoms with Crippen molar-refractivity contribution < 1.29 is 14.3 Å². The van der Waals surface area contributed by atoms with Crippen molar-refractivity contribution in [2.75, 3.05) is 19.2 Å². The molecule has 0 saturated heterocycles. The zero-order chi connectivity index (χ0) is 24.9. The number of imidazole rings is 1. The summed E-state index contributed by atoms with van der Waals surface area (Å²) in [6, 6.07) is 24.7. The van der Waals surface area contributed by atoms with Gasteiger partial charge in [0, 0.05) is 24.8 Å². The molecule has 1 atom stereocenters. The van der Waals surface area contributed by atoms with Gasteiger partial charge in [-0.05, 0) is 18.2 Å². The zero-order valence-electron chi connectivity index (χ0n) is 19.6. The third kappa shape index (κ3) is 4.81. The number of nitrogens with one attached hydrogen (secondary N) is 2. The Morgan fingerprint density at radius 2 is 1.83 bits per heavy atom. The maximum Gasteiger partial charge on any atom is 0.293 e. The van der Waals surface area contributed by atoms with Crippen molar-refractivity contribution >= 4 is 34.4 Å². The van der Waals surface area contributed by atoms with E-state index in [1.54, 1.807) is 7.11 Å². The summed E-state index contributed by atoms with van der Waals surface area (Å²) in [5.41, 5.74) is 13.8. The molecular weight excluding hydrogens is 458 g/mol. The Morgan fingerprint density at radius 1 is 1.08 bits per heavy atom. The number of rotatable bonds is 6. The Hall–Kier alpha value is -4.54. The van der Waals surface area contributed by atoms with Crippen LogP contribution in [0.1, 0.15) is 17.0 Å². The molecule has 0 saturated carbocycles. The maximum atomic E-state index is 8.51. The third-order valence-electron chi connectivity index (χ3n) is 5.56. The van der Waals surface area contributed by atoms with Gasteiger partial charge in [-0.15, -0.1) is 0 Å². The lowest BCUT2D eigenvalue weighted by Gasteiger charge is -2.12. The number of fused-ring (bicyclic) bond motifs is 2. The average molecular weight is 484 g/mol. The van der Waals surface area contributed by atoms with Gasteiger partial charge < -0.3 is 19.8 Å². The molecule has 2 heterocycles. The fourth-order valence-electron chi connectivity index (χ4n) is 3.93. The molecule has 36 heavy (non-hydrogen) atoms. The van der Waals surface area contributed by atoms with Crippen LogP contribution in [0.25, 0.3) is 11.0 Å². The monoisotopic (exact) mass is 483 g/mol. The molecule has 0 amide bonds. The predicted octanol–water partition coefficient (Wildman–Crippen LogP) is 3.52. The van der Waals surface area contributed by atoms with Gasteiger partial charge in [-0.1, -0.05) is 60.7 Å². The lowest BCUT2D eigenvalue weighted by molar-refractivity contribution is 0.115. The predicted molar refractivity (Wildman–Crippen MR) is 138 cm³/mol. The summed E-state index contributed by atoms with van der Waals surface area (Å²) in [5, 5.41) is 8.51. The van der Waals surface area contributed by atoms with Gasteiger partial charge in [0.15, 0.2) is 5.82 Å². The highest BCUT2D eigenvalue weighted by Crippen LogP contribution is 2.24. The summed E-state index contributed by atoms with van der Waals surface area (Å²) in [4.78, 5) is 19.1. The normalized spacial score (nSPS) is 15.5. The van der Waals surface area contributed by atoms with E-state index in [0.29, 0.717) is 24.7 Å². The minimum Gasteiger partial charge on any atom is -0.404 e. The van der Waals surface area contributed by atoms with Crippen molar-refractivity contribution in [2.24, 2.45) is 15.7 Å². The quantitative estimate of drug-likeness (QED) is 0.284. The first kappa shape index (κ1) is 23.2. The van der Waals surface area contributed by atoms with Gasteiger partial charge in [-0.3, -0.25) is 10.9 Å². The van der Waals surface area contributed by atoms with Gasteiger partial charge in [0.05, 0.1) is 29.0 Å². The molecule has 0 fully saturated rings. The highest BCUT2D eigenvalue weighted by atomic mass is 16.7. The Labute approximate surface area is 207 Å². The zero-order valence-corrected chi connectivity index (χ0v) is 19.6. The minimum atomic E-state index is -1.05. The molecule has 4 aromatic rings. The van der Waals surface area contributed by atoms with Gasteiger partial charge in [0.2, 0.25) is 0 Å². The molecule has 0 aliphatic carbocycles.